The van der Waals surface area contributed by atoms with E-state index in [4.69, 9.17) is 9.47 Å². The molecular formula is C16H16BrNO4S. The fourth-order valence-corrected chi connectivity index (χ4v) is 3.16. The summed E-state index contributed by atoms with van der Waals surface area (Å²) in [6.45, 7) is 2.47. The standard InChI is InChI=1S/C16H16BrNO4S/c1-4-22-15-11(17)7-10(8-12(15)20-2)5-6-14-18-9-13(23-14)16(19)21-3/h5-9H,4H2,1-3H3/b6-5+. The molecule has 0 bridgehead atoms. The minimum absolute atomic E-state index is 0.382. The summed E-state index contributed by atoms with van der Waals surface area (Å²) in [7, 11) is 2.95. The van der Waals surface area contributed by atoms with Gasteiger partial charge in [0.2, 0.25) is 0 Å². The molecule has 0 aliphatic heterocycles. The maximum absolute atomic E-state index is 11.4. The first-order chi connectivity index (χ1) is 11.1. The van der Waals surface area contributed by atoms with Crippen molar-refractivity contribution in [3.05, 3.63) is 38.3 Å². The van der Waals surface area contributed by atoms with E-state index in [1.165, 1.54) is 24.6 Å². The first kappa shape index (κ1) is 17.5. The summed E-state index contributed by atoms with van der Waals surface area (Å²) < 4.78 is 16.4. The number of aromatic nitrogens is 1. The molecule has 5 nitrogen and oxygen atoms in total. The largest absolute Gasteiger partial charge is 0.493 e. The number of benzene rings is 1. The molecule has 0 N–H and O–H groups in total. The van der Waals surface area contributed by atoms with E-state index in [0.29, 0.717) is 23.0 Å². The summed E-state index contributed by atoms with van der Waals surface area (Å²) in [6.07, 6.45) is 5.23. The van der Waals surface area contributed by atoms with Crippen molar-refractivity contribution in [2.24, 2.45) is 0 Å². The number of esters is 1. The lowest BCUT2D eigenvalue weighted by atomic mass is 10.2. The molecule has 1 heterocycles. The third-order valence-electron chi connectivity index (χ3n) is 2.87. The number of halogens is 1. The van der Waals surface area contributed by atoms with Crippen LogP contribution in [0.3, 0.4) is 0 Å². The molecule has 2 aromatic rings. The zero-order chi connectivity index (χ0) is 16.8. The van der Waals surface area contributed by atoms with Gasteiger partial charge in [-0.1, -0.05) is 6.08 Å². The highest BCUT2D eigenvalue weighted by Crippen LogP contribution is 2.37. The summed E-state index contributed by atoms with van der Waals surface area (Å²) in [5.41, 5.74) is 0.923. The van der Waals surface area contributed by atoms with Crippen LogP contribution in [0.15, 0.2) is 22.8 Å². The predicted octanol–water partition coefficient (Wildman–Crippen LogP) is 4.27. The summed E-state index contributed by atoms with van der Waals surface area (Å²) in [5.74, 6) is 0.942. The van der Waals surface area contributed by atoms with Crippen LogP contribution in [0.5, 0.6) is 11.5 Å². The Labute approximate surface area is 147 Å². The van der Waals surface area contributed by atoms with Crippen molar-refractivity contribution < 1.29 is 19.0 Å². The zero-order valence-corrected chi connectivity index (χ0v) is 15.4. The molecule has 0 saturated carbocycles. The fraction of sp³-hybridized carbons (Fsp3) is 0.250. The van der Waals surface area contributed by atoms with Crippen LogP contribution in [0.2, 0.25) is 0 Å². The predicted molar refractivity (Wildman–Crippen MR) is 94.2 cm³/mol. The maximum Gasteiger partial charge on any atom is 0.349 e. The molecule has 0 unspecified atom stereocenters. The number of thiazole rings is 1. The Balaban J connectivity index is 2.24. The molecule has 1 aromatic carbocycles. The van der Waals surface area contributed by atoms with Crippen LogP contribution < -0.4 is 9.47 Å². The van der Waals surface area contributed by atoms with E-state index in [0.717, 1.165) is 15.0 Å². The van der Waals surface area contributed by atoms with Gasteiger partial charge < -0.3 is 14.2 Å². The lowest BCUT2D eigenvalue weighted by Crippen LogP contribution is -1.96. The number of ether oxygens (including phenoxy) is 3. The number of hydrogen-bond acceptors (Lipinski definition) is 6. The summed E-state index contributed by atoms with van der Waals surface area (Å²) in [6, 6.07) is 3.81. The van der Waals surface area contributed by atoms with E-state index in [1.54, 1.807) is 7.11 Å². The van der Waals surface area contributed by atoms with Crippen LogP contribution in [0.4, 0.5) is 0 Å². The molecule has 0 spiro atoms. The Morgan fingerprint density at radius 3 is 2.78 bits per heavy atom. The van der Waals surface area contributed by atoms with Crippen LogP contribution in [0, 0.1) is 0 Å². The number of methoxy groups -OCH3 is 2. The number of hydrogen-bond donors (Lipinski definition) is 0. The van der Waals surface area contributed by atoms with Gasteiger partial charge in [0.1, 0.15) is 9.88 Å². The number of nitrogens with zero attached hydrogens (tertiary/aromatic N) is 1. The second-order valence-electron chi connectivity index (χ2n) is 4.35. The van der Waals surface area contributed by atoms with Gasteiger partial charge >= 0.3 is 5.97 Å². The third kappa shape index (κ3) is 4.33. The molecule has 122 valence electrons. The average Bonchev–Trinajstić information content (AvgIpc) is 3.03. The molecule has 0 atom stereocenters. The average molecular weight is 398 g/mol. The minimum Gasteiger partial charge on any atom is -0.493 e. The number of carbonyl (C=O) groups is 1. The van der Waals surface area contributed by atoms with Crippen molar-refractivity contribution in [1.82, 2.24) is 4.98 Å². The van der Waals surface area contributed by atoms with Crippen molar-refractivity contribution in [3.8, 4) is 11.5 Å². The topological polar surface area (TPSA) is 57.7 Å². The number of carbonyl (C=O) groups excluding carboxylic acids is 1. The molecular weight excluding hydrogens is 382 g/mol. The van der Waals surface area contributed by atoms with Gasteiger partial charge in [-0.2, -0.15) is 0 Å². The van der Waals surface area contributed by atoms with Gasteiger partial charge in [-0.15, -0.1) is 11.3 Å². The molecule has 1 aromatic heterocycles. The fourth-order valence-electron chi connectivity index (χ4n) is 1.85. The molecule has 0 aliphatic rings. The monoisotopic (exact) mass is 397 g/mol. The van der Waals surface area contributed by atoms with E-state index < -0.39 is 0 Å². The van der Waals surface area contributed by atoms with Gasteiger partial charge in [0.05, 0.1) is 31.5 Å². The van der Waals surface area contributed by atoms with Crippen LogP contribution in [-0.2, 0) is 4.74 Å². The Hall–Kier alpha value is -1.86. The van der Waals surface area contributed by atoms with Gasteiger partial charge in [-0.05, 0) is 46.6 Å². The van der Waals surface area contributed by atoms with Crippen molar-refractivity contribution in [2.75, 3.05) is 20.8 Å². The molecule has 23 heavy (non-hydrogen) atoms. The van der Waals surface area contributed by atoms with Crippen LogP contribution in [0.1, 0.15) is 27.2 Å². The first-order valence-electron chi connectivity index (χ1n) is 6.81. The normalized spacial score (nSPS) is 10.8. The quantitative estimate of drug-likeness (QED) is 0.681. The first-order valence-corrected chi connectivity index (χ1v) is 8.42. The highest BCUT2D eigenvalue weighted by molar-refractivity contribution is 9.10. The van der Waals surface area contributed by atoms with Gasteiger partial charge in [-0.25, -0.2) is 9.78 Å². The van der Waals surface area contributed by atoms with Crippen LogP contribution >= 0.6 is 27.3 Å². The van der Waals surface area contributed by atoms with Crippen molar-refractivity contribution in [3.63, 3.8) is 0 Å². The Morgan fingerprint density at radius 1 is 1.35 bits per heavy atom. The molecule has 0 saturated heterocycles. The third-order valence-corrected chi connectivity index (χ3v) is 4.40. The van der Waals surface area contributed by atoms with Gasteiger partial charge in [-0.3, -0.25) is 0 Å². The van der Waals surface area contributed by atoms with Crippen LogP contribution in [0.25, 0.3) is 12.2 Å². The Morgan fingerprint density at radius 2 is 2.13 bits per heavy atom. The minimum atomic E-state index is -0.382. The second kappa shape index (κ2) is 8.12. The van der Waals surface area contributed by atoms with Crippen molar-refractivity contribution in [1.29, 1.82) is 0 Å². The highest BCUT2D eigenvalue weighted by Gasteiger charge is 2.11. The smallest absolute Gasteiger partial charge is 0.349 e. The van der Waals surface area contributed by atoms with Crippen LogP contribution in [-0.4, -0.2) is 31.8 Å². The summed E-state index contributed by atoms with van der Waals surface area (Å²) in [5, 5.41) is 0.717. The van der Waals surface area contributed by atoms with E-state index >= 15 is 0 Å². The molecule has 2 rings (SSSR count). The zero-order valence-electron chi connectivity index (χ0n) is 13.0. The molecule has 0 radical (unpaired) electrons. The summed E-state index contributed by atoms with van der Waals surface area (Å²) >= 11 is 4.76. The highest BCUT2D eigenvalue weighted by atomic mass is 79.9. The summed E-state index contributed by atoms with van der Waals surface area (Å²) in [4.78, 5) is 16.1. The second-order valence-corrected chi connectivity index (χ2v) is 6.27. The van der Waals surface area contributed by atoms with E-state index in [9.17, 15) is 4.79 Å². The molecule has 7 heteroatoms. The lowest BCUT2D eigenvalue weighted by molar-refractivity contribution is 0.0606. The van der Waals surface area contributed by atoms with Crippen molar-refractivity contribution >= 4 is 45.4 Å². The number of rotatable bonds is 6. The Bertz CT molecular complexity index is 727. The molecule has 0 aliphatic carbocycles. The van der Waals surface area contributed by atoms with E-state index in [1.807, 2.05) is 31.2 Å². The van der Waals surface area contributed by atoms with E-state index in [2.05, 4.69) is 25.7 Å². The van der Waals surface area contributed by atoms with Crippen molar-refractivity contribution in [2.45, 2.75) is 6.92 Å². The van der Waals surface area contributed by atoms with Gasteiger partial charge in [0, 0.05) is 0 Å². The Kier molecular flexibility index (Phi) is 6.18. The lowest BCUT2D eigenvalue weighted by Gasteiger charge is -2.12. The van der Waals surface area contributed by atoms with Gasteiger partial charge in [0.15, 0.2) is 11.5 Å². The SMILES string of the molecule is CCOc1c(Br)cc(/C=C/c2ncc(C(=O)OC)s2)cc1OC. The van der Waals surface area contributed by atoms with E-state index in [-0.39, 0.29) is 5.97 Å². The van der Waals surface area contributed by atoms with Gasteiger partial charge in [0.25, 0.3) is 0 Å². The maximum atomic E-state index is 11.4. The molecule has 0 amide bonds. The molecule has 0 fully saturated rings.